The zero-order valence-electron chi connectivity index (χ0n) is 43.7. The van der Waals surface area contributed by atoms with Crippen LogP contribution in [0.15, 0.2) is 106 Å². The van der Waals surface area contributed by atoms with E-state index in [2.05, 4.69) is 21.0 Å². The van der Waals surface area contributed by atoms with E-state index in [1.54, 1.807) is 48.5 Å². The standard InChI is InChI=1S/C53H59BN4O18S2/c1-28-35(73-48(66)42(40(55-58-54)31-14-10-8-11-15-31)74-38(62)26-70-34-20-18-32(19-21-34)46(64)56-57-49(67)69-22-23-78-77-7)25-53(68)45(75-47(65)33-16-12-9-13-17-33)43-51(6,36(61)24-37-52(43,27-71-37)76-30(3)60)44(63)41(72-29(2)59)39(28)50(53,4)5/h8-21,35-37,40-43,45,61,68H,22-27H2,1-7H3,(H,56,64)(H,57,67)/t35-,36-,37+,40-,41+,42+,43-,45-,51+,52-,53+/m0/s1. The van der Waals surface area contributed by atoms with Crippen molar-refractivity contribution in [1.29, 1.82) is 0 Å². The first-order chi connectivity index (χ1) is 37.0. The van der Waals surface area contributed by atoms with E-state index in [1.807, 2.05) is 6.26 Å². The maximum absolute atomic E-state index is 15.7. The normalized spacial score (nSPS) is 27.6. The minimum Gasteiger partial charge on any atom is -0.482 e. The Balaban J connectivity index is 1.25. The van der Waals surface area contributed by atoms with E-state index >= 15 is 9.59 Å². The van der Waals surface area contributed by atoms with Crippen molar-refractivity contribution < 1.29 is 86.5 Å². The van der Waals surface area contributed by atoms with Gasteiger partial charge in [0.1, 0.15) is 42.3 Å². The van der Waals surface area contributed by atoms with Crippen LogP contribution in [-0.2, 0) is 57.1 Å². The summed E-state index contributed by atoms with van der Waals surface area (Å²) >= 11 is 0. The van der Waals surface area contributed by atoms with Crippen molar-refractivity contribution in [3.05, 3.63) is 113 Å². The summed E-state index contributed by atoms with van der Waals surface area (Å²) < 4.78 is 47.1. The van der Waals surface area contributed by atoms with Crippen molar-refractivity contribution in [2.45, 2.75) is 108 Å². The molecule has 25 heteroatoms. The third kappa shape index (κ3) is 11.8. The molecule has 1 heterocycles. The van der Waals surface area contributed by atoms with E-state index in [0.29, 0.717) is 5.75 Å². The molecular formula is C53H59BN4O18S2. The van der Waals surface area contributed by atoms with Crippen molar-refractivity contribution in [1.82, 2.24) is 10.9 Å². The summed E-state index contributed by atoms with van der Waals surface area (Å²) in [6.45, 7) is 7.03. The minimum absolute atomic E-state index is 0.0242. The number of aliphatic hydroxyl groups is 2. The number of hydrogen-bond donors (Lipinski definition) is 4. The Labute approximate surface area is 458 Å². The van der Waals surface area contributed by atoms with E-state index in [9.17, 15) is 39.0 Å². The van der Waals surface area contributed by atoms with Gasteiger partial charge in [0.2, 0.25) is 6.10 Å². The van der Waals surface area contributed by atoms with Crippen molar-refractivity contribution >= 4 is 77.2 Å². The Kier molecular flexibility index (Phi) is 18.5. The van der Waals surface area contributed by atoms with Crippen LogP contribution >= 0.6 is 21.6 Å². The molecule has 0 aromatic heterocycles. The summed E-state index contributed by atoms with van der Waals surface area (Å²) in [7, 11) is 8.59. The second kappa shape index (κ2) is 24.5. The number of aliphatic hydroxyl groups excluding tert-OH is 1. The fraction of sp³-hybridized carbons (Fsp3) is 0.472. The number of fused-ring (bicyclic) bond motifs is 5. The predicted molar refractivity (Wildman–Crippen MR) is 278 cm³/mol. The summed E-state index contributed by atoms with van der Waals surface area (Å²) in [6.07, 6.45) is -10.0. The number of hydrogen-bond acceptors (Lipinski definition) is 22. The molecule has 4 aliphatic rings. The van der Waals surface area contributed by atoms with Crippen LogP contribution in [0.2, 0.25) is 0 Å². The number of hydrazine groups is 1. The fourth-order valence-electron chi connectivity index (χ4n) is 11.0. The zero-order chi connectivity index (χ0) is 56.7. The van der Waals surface area contributed by atoms with E-state index < -0.39 is 131 Å². The summed E-state index contributed by atoms with van der Waals surface area (Å²) in [5.41, 5.74) is -3.42. The molecule has 0 spiro atoms. The van der Waals surface area contributed by atoms with Gasteiger partial charge in [-0.1, -0.05) is 84.0 Å². The molecule has 11 atom stereocenters. The first-order valence-corrected chi connectivity index (χ1v) is 27.3. The molecule has 4 N–H and O–H groups in total. The van der Waals surface area contributed by atoms with Crippen LogP contribution < -0.4 is 15.6 Å². The Morgan fingerprint density at radius 2 is 1.55 bits per heavy atom. The van der Waals surface area contributed by atoms with Crippen LogP contribution in [0, 0.1) is 16.7 Å². The predicted octanol–water partition coefficient (Wildman–Crippen LogP) is 4.85. The van der Waals surface area contributed by atoms with Crippen LogP contribution in [0.1, 0.15) is 86.7 Å². The van der Waals surface area contributed by atoms with Gasteiger partial charge < -0.3 is 48.1 Å². The molecule has 3 aromatic rings. The summed E-state index contributed by atoms with van der Waals surface area (Å²) in [6, 6.07) is 19.6. The zero-order valence-corrected chi connectivity index (χ0v) is 45.3. The van der Waals surface area contributed by atoms with Crippen LogP contribution in [-0.4, -0.2) is 145 Å². The van der Waals surface area contributed by atoms with Crippen LogP contribution in [0.25, 0.3) is 0 Å². The average molecular weight is 1120 g/mol. The van der Waals surface area contributed by atoms with Gasteiger partial charge in [0, 0.05) is 43.4 Å². The van der Waals surface area contributed by atoms with E-state index in [-0.39, 0.29) is 53.2 Å². The summed E-state index contributed by atoms with van der Waals surface area (Å²) in [5, 5.41) is 33.6. The van der Waals surface area contributed by atoms with Crippen molar-refractivity contribution in [3.63, 3.8) is 0 Å². The summed E-state index contributed by atoms with van der Waals surface area (Å²) in [5.74, 6) is -7.76. The molecule has 0 unspecified atom stereocenters. The second-order valence-corrected chi connectivity index (χ2v) is 22.4. The highest BCUT2D eigenvalue weighted by Gasteiger charge is 2.78. The number of benzene rings is 3. The van der Waals surface area contributed by atoms with Crippen molar-refractivity contribution in [2.75, 3.05) is 31.8 Å². The van der Waals surface area contributed by atoms with Gasteiger partial charge in [-0.15, -0.1) is 0 Å². The van der Waals surface area contributed by atoms with E-state index in [1.165, 1.54) is 85.7 Å². The molecule has 1 aliphatic heterocycles. The molecule has 3 aliphatic carbocycles. The van der Waals surface area contributed by atoms with Gasteiger partial charge in [0.05, 0.1) is 29.6 Å². The largest absolute Gasteiger partial charge is 0.482 e. The lowest BCUT2D eigenvalue weighted by atomic mass is 9.44. The number of carbonyl (C=O) groups is 8. The fourth-order valence-corrected chi connectivity index (χ4v) is 12.0. The number of rotatable bonds is 18. The molecule has 2 radical (unpaired) electrons. The lowest BCUT2D eigenvalue weighted by Crippen LogP contribution is -2.82. The second-order valence-electron chi connectivity index (χ2n) is 19.7. The molecule has 3 aromatic carbocycles. The third-order valence-electron chi connectivity index (χ3n) is 14.8. The number of esters is 5. The average Bonchev–Trinajstić information content (AvgIpc) is 3.12. The molecular weight excluding hydrogens is 1060 g/mol. The van der Waals surface area contributed by atoms with Gasteiger partial charge >= 0.3 is 35.9 Å². The molecule has 7 rings (SSSR count). The molecule has 2 saturated carbocycles. The lowest BCUT2D eigenvalue weighted by molar-refractivity contribution is -0.346. The number of ether oxygens (including phenoxy) is 8. The molecule has 2 bridgehead atoms. The lowest BCUT2D eigenvalue weighted by Gasteiger charge is -2.67. The first-order valence-electron chi connectivity index (χ1n) is 24.6. The number of nitrogens with one attached hydrogen (secondary N) is 2. The molecule has 2 amide bonds. The number of amides is 2. The quantitative estimate of drug-likeness (QED) is 0.0193. The van der Waals surface area contributed by atoms with E-state index in [0.717, 1.165) is 13.8 Å². The van der Waals surface area contributed by atoms with Crippen LogP contribution in [0.3, 0.4) is 0 Å². The number of carbonyl (C=O) groups excluding carboxylic acids is 8. The highest BCUT2D eigenvalue weighted by atomic mass is 33.1. The number of Topliss-reactive ketones (excluding diaryl/α,β-unsaturated/α-hetero) is 1. The summed E-state index contributed by atoms with van der Waals surface area (Å²) in [4.78, 5) is 110. The molecule has 3 fully saturated rings. The molecule has 78 heavy (non-hydrogen) atoms. The third-order valence-corrected chi connectivity index (χ3v) is 16.6. The minimum atomic E-state index is -2.49. The van der Waals surface area contributed by atoms with Crippen molar-refractivity contribution in [2.24, 2.45) is 26.9 Å². The van der Waals surface area contributed by atoms with E-state index in [4.69, 9.17) is 45.9 Å². The van der Waals surface area contributed by atoms with Gasteiger partial charge in [0.25, 0.3) is 13.9 Å². The Morgan fingerprint density at radius 1 is 0.885 bits per heavy atom. The maximum atomic E-state index is 15.7. The molecule has 1 saturated heterocycles. The Morgan fingerprint density at radius 3 is 2.15 bits per heavy atom. The highest BCUT2D eigenvalue weighted by molar-refractivity contribution is 8.76. The van der Waals surface area contributed by atoms with Crippen LogP contribution in [0.5, 0.6) is 5.75 Å². The van der Waals surface area contributed by atoms with Crippen molar-refractivity contribution in [3.8, 4) is 5.75 Å². The molecule has 414 valence electrons. The van der Waals surface area contributed by atoms with Gasteiger partial charge in [-0.05, 0) is 73.2 Å². The Hall–Kier alpha value is -6.80. The first kappa shape index (κ1) is 58.9. The van der Waals surface area contributed by atoms with Crippen LogP contribution in [0.4, 0.5) is 4.79 Å². The number of ketones is 1. The van der Waals surface area contributed by atoms with Gasteiger partial charge in [0.15, 0.2) is 24.1 Å². The number of nitrogens with zero attached hydrogens (tertiary/aromatic N) is 2. The maximum Gasteiger partial charge on any atom is 0.426 e. The Bertz CT molecular complexity index is 2830. The molecule has 22 nitrogen and oxygen atoms in total. The SMILES string of the molecule is [B]N=N[C@@H](c1ccccc1)[C@@H](OC(=O)COc1ccc(C(=O)NNC(=O)OCCSSC)cc1)C(=O)O[C@H]1C[C@@]2(O)[C@@H](OC(=O)c3ccccc3)[C@@H]3[C@]4(OC(C)=O)CO[C@@H]4C[C@H](O)[C@@]3(C)C(=O)[C@H](OC(C)=O)C(=C1C)C2(C)C. The highest BCUT2D eigenvalue weighted by Crippen LogP contribution is 2.64. The smallest absolute Gasteiger partial charge is 0.426 e. The topological polar surface area (TPSA) is 300 Å². The van der Waals surface area contributed by atoms with Gasteiger partial charge in [-0.2, -0.15) is 5.11 Å². The van der Waals surface area contributed by atoms with Gasteiger partial charge in [-0.25, -0.2) is 24.6 Å². The monoisotopic (exact) mass is 1110 g/mol. The van der Waals surface area contributed by atoms with Gasteiger partial charge in [-0.3, -0.25) is 29.6 Å².